The lowest BCUT2D eigenvalue weighted by molar-refractivity contribution is 0.0954. The Kier molecular flexibility index (Phi) is 2.93. The molecule has 2 aromatic rings. The minimum Gasteiger partial charge on any atom is -0.352 e. The molecule has 5 heteroatoms. The van der Waals surface area contributed by atoms with Crippen molar-refractivity contribution in [2.45, 2.75) is 19.8 Å². The summed E-state index contributed by atoms with van der Waals surface area (Å²) in [5.41, 5.74) is 1.45. The van der Waals surface area contributed by atoms with Crippen LogP contribution in [0.15, 0.2) is 16.4 Å². The predicted molar refractivity (Wildman–Crippen MR) is 76.9 cm³/mol. The molecule has 19 heavy (non-hydrogen) atoms. The van der Waals surface area contributed by atoms with E-state index >= 15 is 0 Å². The van der Waals surface area contributed by atoms with Gasteiger partial charge in [0.15, 0.2) is 0 Å². The van der Waals surface area contributed by atoms with Crippen LogP contribution in [0.1, 0.15) is 28.8 Å². The molecule has 0 radical (unpaired) electrons. The van der Waals surface area contributed by atoms with Gasteiger partial charge in [-0.15, -0.1) is 11.3 Å². The molecule has 0 unspecified atom stereocenters. The number of fused-ring (bicyclic) bond motifs is 1. The van der Waals surface area contributed by atoms with Gasteiger partial charge in [-0.1, -0.05) is 0 Å². The molecule has 1 saturated carbocycles. The van der Waals surface area contributed by atoms with Crippen LogP contribution in [0.2, 0.25) is 0 Å². The van der Waals surface area contributed by atoms with Gasteiger partial charge in [0, 0.05) is 29.9 Å². The van der Waals surface area contributed by atoms with Crippen molar-refractivity contribution < 1.29 is 4.79 Å². The number of aryl methyl sites for hydroxylation is 2. The van der Waals surface area contributed by atoms with Crippen molar-refractivity contribution in [1.82, 2.24) is 9.88 Å². The highest BCUT2D eigenvalue weighted by atomic mass is 32.1. The quantitative estimate of drug-likeness (QED) is 0.932. The van der Waals surface area contributed by atoms with Crippen LogP contribution in [0.25, 0.3) is 10.1 Å². The lowest BCUT2D eigenvalue weighted by Crippen LogP contribution is -2.27. The van der Waals surface area contributed by atoms with Gasteiger partial charge >= 0.3 is 0 Å². The highest BCUT2D eigenvalue weighted by molar-refractivity contribution is 7.17. The third kappa shape index (κ3) is 2.18. The van der Waals surface area contributed by atoms with E-state index in [1.54, 1.807) is 17.0 Å². The summed E-state index contributed by atoms with van der Waals surface area (Å²) < 4.78 is 2.46. The Labute approximate surface area is 115 Å². The molecule has 1 aliphatic rings. The number of nitrogens with zero attached hydrogens (tertiary/aromatic N) is 1. The number of amides is 1. The molecule has 0 bridgehead atoms. The first-order chi connectivity index (χ1) is 9.08. The van der Waals surface area contributed by atoms with Crippen molar-refractivity contribution in [2.24, 2.45) is 13.0 Å². The van der Waals surface area contributed by atoms with Crippen LogP contribution < -0.4 is 10.9 Å². The van der Waals surface area contributed by atoms with Gasteiger partial charge in [-0.3, -0.25) is 9.59 Å². The van der Waals surface area contributed by atoms with Gasteiger partial charge in [-0.2, -0.15) is 0 Å². The second-order valence-corrected chi connectivity index (χ2v) is 6.11. The van der Waals surface area contributed by atoms with Crippen LogP contribution in [-0.4, -0.2) is 17.0 Å². The fourth-order valence-electron chi connectivity index (χ4n) is 2.27. The number of pyridine rings is 1. The minimum absolute atomic E-state index is 0.0987. The first kappa shape index (κ1) is 12.4. The smallest absolute Gasteiger partial charge is 0.259 e. The molecule has 0 aromatic carbocycles. The second-order valence-electron chi connectivity index (χ2n) is 5.24. The van der Waals surface area contributed by atoms with Crippen molar-refractivity contribution in [3.8, 4) is 0 Å². The number of rotatable bonds is 3. The summed E-state index contributed by atoms with van der Waals surface area (Å²) in [4.78, 5) is 24.4. The molecular formula is C14H16N2O2S. The van der Waals surface area contributed by atoms with E-state index in [0.717, 1.165) is 16.8 Å². The number of carbonyl (C=O) groups is 1. The molecule has 3 rings (SSSR count). The van der Waals surface area contributed by atoms with Gasteiger partial charge in [0.1, 0.15) is 0 Å². The third-order valence-electron chi connectivity index (χ3n) is 3.56. The zero-order valence-corrected chi connectivity index (χ0v) is 11.8. The SMILES string of the molecule is Cc1cn(C)c(=O)c2c(C(=O)NCC3CC3)csc12. The van der Waals surface area contributed by atoms with Gasteiger partial charge in [0.25, 0.3) is 11.5 Å². The summed E-state index contributed by atoms with van der Waals surface area (Å²) in [6.07, 6.45) is 4.21. The van der Waals surface area contributed by atoms with E-state index in [0.29, 0.717) is 16.9 Å². The molecule has 0 aliphatic heterocycles. The van der Waals surface area contributed by atoms with Crippen LogP contribution in [0.5, 0.6) is 0 Å². The maximum atomic E-state index is 12.2. The molecule has 2 aromatic heterocycles. The summed E-state index contributed by atoms with van der Waals surface area (Å²) >= 11 is 1.47. The van der Waals surface area contributed by atoms with Gasteiger partial charge in [0.2, 0.25) is 0 Å². The summed E-state index contributed by atoms with van der Waals surface area (Å²) in [7, 11) is 1.72. The van der Waals surface area contributed by atoms with Gasteiger partial charge < -0.3 is 9.88 Å². The van der Waals surface area contributed by atoms with Crippen molar-refractivity contribution in [2.75, 3.05) is 6.54 Å². The fourth-order valence-corrected chi connectivity index (χ4v) is 3.28. The van der Waals surface area contributed by atoms with E-state index in [1.165, 1.54) is 24.2 Å². The maximum absolute atomic E-state index is 12.2. The zero-order valence-electron chi connectivity index (χ0n) is 11.0. The highest BCUT2D eigenvalue weighted by Crippen LogP contribution is 2.29. The highest BCUT2D eigenvalue weighted by Gasteiger charge is 2.23. The Hall–Kier alpha value is -1.62. The van der Waals surface area contributed by atoms with E-state index in [-0.39, 0.29) is 11.5 Å². The lowest BCUT2D eigenvalue weighted by Gasteiger charge is -2.05. The summed E-state index contributed by atoms with van der Waals surface area (Å²) in [5, 5.41) is 5.27. The molecule has 0 atom stereocenters. The number of carbonyl (C=O) groups excluding carboxylic acids is 1. The Balaban J connectivity index is 2.03. The van der Waals surface area contributed by atoms with Gasteiger partial charge in [0.05, 0.1) is 10.9 Å². The second kappa shape index (κ2) is 4.49. The predicted octanol–water partition coefficient (Wildman–Crippen LogP) is 2.05. The molecule has 1 N–H and O–H groups in total. The van der Waals surface area contributed by atoms with Gasteiger partial charge in [-0.25, -0.2) is 0 Å². The number of hydrogen-bond acceptors (Lipinski definition) is 3. The zero-order chi connectivity index (χ0) is 13.6. The van der Waals surface area contributed by atoms with E-state index in [4.69, 9.17) is 0 Å². The van der Waals surface area contributed by atoms with Crippen molar-refractivity contribution in [1.29, 1.82) is 0 Å². The Bertz CT molecular complexity index is 710. The first-order valence-corrected chi connectivity index (χ1v) is 7.31. The number of aromatic nitrogens is 1. The Morgan fingerprint density at radius 3 is 2.95 bits per heavy atom. The van der Waals surface area contributed by atoms with Crippen LogP contribution in [0, 0.1) is 12.8 Å². The molecule has 1 amide bonds. The molecule has 100 valence electrons. The van der Waals surface area contributed by atoms with Crippen molar-refractivity contribution in [3.63, 3.8) is 0 Å². The lowest BCUT2D eigenvalue weighted by atomic mass is 10.1. The average Bonchev–Trinajstić information content (AvgIpc) is 3.09. The number of thiophene rings is 1. The monoisotopic (exact) mass is 276 g/mol. The van der Waals surface area contributed by atoms with Crippen molar-refractivity contribution >= 4 is 27.3 Å². The molecule has 0 saturated heterocycles. The van der Waals surface area contributed by atoms with E-state index in [1.807, 2.05) is 13.1 Å². The normalized spacial score (nSPS) is 14.8. The molecule has 1 aliphatic carbocycles. The standard InChI is InChI=1S/C14H16N2O2S/c1-8-6-16(2)14(18)11-10(7-19-12(8)11)13(17)15-5-9-3-4-9/h6-7,9H,3-5H2,1-2H3,(H,15,17). The molecule has 4 nitrogen and oxygen atoms in total. The van der Waals surface area contributed by atoms with E-state index in [2.05, 4.69) is 5.32 Å². The van der Waals surface area contributed by atoms with Gasteiger partial charge in [-0.05, 0) is 31.2 Å². The molecule has 0 spiro atoms. The van der Waals surface area contributed by atoms with Crippen molar-refractivity contribution in [3.05, 3.63) is 33.1 Å². The molecular weight excluding hydrogens is 260 g/mol. The number of nitrogens with one attached hydrogen (secondary N) is 1. The van der Waals surface area contributed by atoms with Crippen LogP contribution in [-0.2, 0) is 7.05 Å². The summed E-state index contributed by atoms with van der Waals surface area (Å²) in [5.74, 6) is 0.513. The Morgan fingerprint density at radius 1 is 1.53 bits per heavy atom. The van der Waals surface area contributed by atoms with Crippen LogP contribution in [0.4, 0.5) is 0 Å². The average molecular weight is 276 g/mol. The topological polar surface area (TPSA) is 51.1 Å². The largest absolute Gasteiger partial charge is 0.352 e. The summed E-state index contributed by atoms with van der Waals surface area (Å²) in [6.45, 7) is 2.69. The third-order valence-corrected chi connectivity index (χ3v) is 4.68. The van der Waals surface area contributed by atoms with E-state index < -0.39 is 0 Å². The Morgan fingerprint density at radius 2 is 2.26 bits per heavy atom. The van der Waals surface area contributed by atoms with Crippen LogP contribution in [0.3, 0.4) is 0 Å². The first-order valence-electron chi connectivity index (χ1n) is 6.43. The fraction of sp³-hybridized carbons (Fsp3) is 0.429. The molecule has 1 fully saturated rings. The maximum Gasteiger partial charge on any atom is 0.259 e. The van der Waals surface area contributed by atoms with Crippen LogP contribution >= 0.6 is 11.3 Å². The number of hydrogen-bond donors (Lipinski definition) is 1. The molecule has 2 heterocycles. The van der Waals surface area contributed by atoms with E-state index in [9.17, 15) is 9.59 Å². The minimum atomic E-state index is -0.124. The summed E-state index contributed by atoms with van der Waals surface area (Å²) in [6, 6.07) is 0.